The van der Waals surface area contributed by atoms with Crippen molar-refractivity contribution in [2.45, 2.75) is 25.3 Å². The number of hydrogen-bond acceptors (Lipinski definition) is 9. The average Bonchev–Trinajstić information content (AvgIpc) is 3.25. The molecule has 4 rings (SSSR count). The van der Waals surface area contributed by atoms with Crippen LogP contribution < -0.4 is 21.9 Å². The molecule has 0 aromatic carbocycles. The highest BCUT2D eigenvalue weighted by atomic mass is 16.2. The van der Waals surface area contributed by atoms with Crippen molar-refractivity contribution in [2.24, 2.45) is 10.7 Å². The standard InChI is InChI=1S/C21H21N9O3/c22-17(31)12-24-20(33)16-11-25-21(29-28-16)27-14-5-4-13(9-14)26-18-7-6-15(10-23-18)30-8-2-1-3-19(30)32/h1-3,6-8,10-11,14H,4-5,9,12H2,(H2,22,31)(H,24,33)(H,25,27,29)/t14-/m0/s1. The molecule has 1 aliphatic carbocycles. The fourth-order valence-corrected chi connectivity index (χ4v) is 3.33. The Kier molecular flexibility index (Phi) is 6.43. The number of carbonyl (C=O) groups is 2. The first kappa shape index (κ1) is 21.7. The van der Waals surface area contributed by atoms with Gasteiger partial charge in [0.2, 0.25) is 11.9 Å². The second-order valence-corrected chi connectivity index (χ2v) is 7.36. The Hall–Kier alpha value is -4.48. The topological polar surface area (TPSA) is 170 Å². The molecule has 4 N–H and O–H groups in total. The Morgan fingerprint density at radius 1 is 1.15 bits per heavy atom. The van der Waals surface area contributed by atoms with Crippen LogP contribution >= 0.6 is 0 Å². The summed E-state index contributed by atoms with van der Waals surface area (Å²) in [6, 6.07) is 8.62. The summed E-state index contributed by atoms with van der Waals surface area (Å²) in [5.41, 5.74) is 6.51. The van der Waals surface area contributed by atoms with Crippen LogP contribution in [-0.4, -0.2) is 54.8 Å². The number of hydrogen-bond donors (Lipinski definition) is 3. The third-order valence-electron chi connectivity index (χ3n) is 4.92. The van der Waals surface area contributed by atoms with Crippen LogP contribution in [0.3, 0.4) is 0 Å². The summed E-state index contributed by atoms with van der Waals surface area (Å²) in [5.74, 6) is -0.364. The molecule has 3 aromatic rings. The van der Waals surface area contributed by atoms with Gasteiger partial charge in [-0.25, -0.2) is 15.0 Å². The number of carbonyl (C=O) groups excluding carboxylic acids is 2. The summed E-state index contributed by atoms with van der Waals surface area (Å²) in [6.07, 6.45) is 6.90. The van der Waals surface area contributed by atoms with Gasteiger partial charge in [0.15, 0.2) is 11.5 Å². The molecule has 12 heteroatoms. The molecule has 3 aromatic heterocycles. The molecule has 0 bridgehead atoms. The van der Waals surface area contributed by atoms with E-state index in [0.29, 0.717) is 23.9 Å². The minimum atomic E-state index is -0.654. The number of rotatable bonds is 7. The van der Waals surface area contributed by atoms with Crippen LogP contribution in [0.15, 0.2) is 58.7 Å². The zero-order valence-corrected chi connectivity index (χ0v) is 17.5. The highest BCUT2D eigenvalue weighted by Crippen LogP contribution is 2.22. The predicted octanol–water partition coefficient (Wildman–Crippen LogP) is 0.370. The van der Waals surface area contributed by atoms with Gasteiger partial charge in [0.1, 0.15) is 0 Å². The van der Waals surface area contributed by atoms with E-state index in [-0.39, 0.29) is 23.8 Å². The van der Waals surface area contributed by atoms with Crippen LogP contribution in [0.4, 0.5) is 11.8 Å². The average molecular weight is 447 g/mol. The molecule has 12 nitrogen and oxygen atoms in total. The molecule has 1 saturated carbocycles. The number of nitrogens with two attached hydrogens (primary N) is 1. The highest BCUT2D eigenvalue weighted by Gasteiger charge is 2.22. The van der Waals surface area contributed by atoms with Gasteiger partial charge in [-0.1, -0.05) is 6.07 Å². The molecule has 0 radical (unpaired) electrons. The third kappa shape index (κ3) is 5.61. The van der Waals surface area contributed by atoms with Crippen LogP contribution in [0.2, 0.25) is 0 Å². The molecule has 168 valence electrons. The third-order valence-corrected chi connectivity index (χ3v) is 4.92. The van der Waals surface area contributed by atoms with E-state index in [0.717, 1.165) is 18.6 Å². The van der Waals surface area contributed by atoms with E-state index < -0.39 is 11.8 Å². The quantitative estimate of drug-likeness (QED) is 0.466. The summed E-state index contributed by atoms with van der Waals surface area (Å²) < 4.78 is 1.51. The number of nitrogens with zero attached hydrogens (tertiary/aromatic N) is 6. The predicted molar refractivity (Wildman–Crippen MR) is 120 cm³/mol. The van der Waals surface area contributed by atoms with Gasteiger partial charge in [-0.2, -0.15) is 0 Å². The Balaban J connectivity index is 1.34. The van der Waals surface area contributed by atoms with Crippen molar-refractivity contribution in [1.82, 2.24) is 30.0 Å². The molecule has 1 aliphatic rings. The summed E-state index contributed by atoms with van der Waals surface area (Å²) in [7, 11) is 0. The first-order valence-corrected chi connectivity index (χ1v) is 10.2. The van der Waals surface area contributed by atoms with E-state index >= 15 is 0 Å². The van der Waals surface area contributed by atoms with Crippen molar-refractivity contribution < 1.29 is 9.59 Å². The molecule has 33 heavy (non-hydrogen) atoms. The molecule has 1 fully saturated rings. The van der Waals surface area contributed by atoms with E-state index in [9.17, 15) is 14.4 Å². The lowest BCUT2D eigenvalue weighted by molar-refractivity contribution is -0.117. The van der Waals surface area contributed by atoms with Gasteiger partial charge >= 0.3 is 0 Å². The maximum atomic E-state index is 11.9. The number of primary amides is 1. The van der Waals surface area contributed by atoms with Crippen LogP contribution in [-0.2, 0) is 4.79 Å². The molecule has 0 saturated heterocycles. The van der Waals surface area contributed by atoms with E-state index in [1.807, 2.05) is 0 Å². The van der Waals surface area contributed by atoms with Gasteiger partial charge in [-0.05, 0) is 31.0 Å². The Bertz CT molecular complexity index is 1240. The van der Waals surface area contributed by atoms with E-state index in [1.54, 1.807) is 36.7 Å². The lowest BCUT2D eigenvalue weighted by Crippen LogP contribution is -2.34. The molecule has 1 atom stereocenters. The molecule has 0 aliphatic heterocycles. The van der Waals surface area contributed by atoms with E-state index in [1.165, 1.54) is 16.8 Å². The molecule has 0 spiro atoms. The Morgan fingerprint density at radius 2 is 2.03 bits per heavy atom. The SMILES string of the molecule is NC(=O)CNC(=O)c1cnc(N[C@H]2CCC(=Nc3ccc(-n4ccccc4=O)cn3)C2)nn1. The minimum absolute atomic E-state index is 0.0113. The van der Waals surface area contributed by atoms with Gasteiger partial charge < -0.3 is 16.4 Å². The summed E-state index contributed by atoms with van der Waals surface area (Å²) in [6.45, 7) is -0.285. The highest BCUT2D eigenvalue weighted by molar-refractivity contribution is 5.94. The van der Waals surface area contributed by atoms with Crippen molar-refractivity contribution in [3.63, 3.8) is 0 Å². The lowest BCUT2D eigenvalue weighted by atomic mass is 10.2. The monoisotopic (exact) mass is 447 g/mol. The minimum Gasteiger partial charge on any atom is -0.368 e. The Morgan fingerprint density at radius 3 is 2.73 bits per heavy atom. The van der Waals surface area contributed by atoms with Crippen LogP contribution in [0.5, 0.6) is 0 Å². The Labute approximate surface area is 188 Å². The summed E-state index contributed by atoms with van der Waals surface area (Å²) in [5, 5.41) is 13.2. The van der Waals surface area contributed by atoms with Crippen LogP contribution in [0.25, 0.3) is 5.69 Å². The van der Waals surface area contributed by atoms with Gasteiger partial charge in [0, 0.05) is 30.4 Å². The van der Waals surface area contributed by atoms with Crippen molar-refractivity contribution in [3.05, 3.63) is 65.0 Å². The molecular weight excluding hydrogens is 426 g/mol. The fraction of sp³-hybridized carbons (Fsp3) is 0.238. The van der Waals surface area contributed by atoms with Crippen molar-refractivity contribution >= 4 is 29.3 Å². The second kappa shape index (κ2) is 9.77. The van der Waals surface area contributed by atoms with Gasteiger partial charge in [0.25, 0.3) is 11.5 Å². The molecular formula is C21H21N9O3. The number of aliphatic imine (C=N–C) groups is 1. The first-order valence-electron chi connectivity index (χ1n) is 10.2. The lowest BCUT2D eigenvalue weighted by Gasteiger charge is -2.10. The normalized spacial score (nSPS) is 16.5. The van der Waals surface area contributed by atoms with Gasteiger partial charge in [0.05, 0.1) is 24.6 Å². The molecule has 0 unspecified atom stereocenters. The fourth-order valence-electron chi connectivity index (χ4n) is 3.33. The molecule has 3 heterocycles. The van der Waals surface area contributed by atoms with E-state index in [2.05, 4.69) is 35.8 Å². The number of pyridine rings is 2. The smallest absolute Gasteiger partial charge is 0.273 e. The first-order chi connectivity index (χ1) is 16.0. The maximum Gasteiger partial charge on any atom is 0.273 e. The number of anilines is 1. The summed E-state index contributed by atoms with van der Waals surface area (Å²) in [4.78, 5) is 47.5. The van der Waals surface area contributed by atoms with Crippen molar-refractivity contribution in [1.29, 1.82) is 0 Å². The summed E-state index contributed by atoms with van der Waals surface area (Å²) >= 11 is 0. The van der Waals surface area contributed by atoms with E-state index in [4.69, 9.17) is 5.73 Å². The second-order valence-electron chi connectivity index (χ2n) is 7.36. The van der Waals surface area contributed by atoms with Gasteiger partial charge in [-0.15, -0.1) is 10.2 Å². The number of nitrogens with one attached hydrogen (secondary N) is 2. The number of amides is 2. The molecule has 2 amide bonds. The van der Waals surface area contributed by atoms with Crippen LogP contribution in [0, 0.1) is 0 Å². The van der Waals surface area contributed by atoms with Gasteiger partial charge in [-0.3, -0.25) is 19.0 Å². The van der Waals surface area contributed by atoms with Crippen LogP contribution in [0.1, 0.15) is 29.8 Å². The zero-order valence-electron chi connectivity index (χ0n) is 17.5. The zero-order chi connectivity index (χ0) is 23.2. The maximum absolute atomic E-state index is 11.9. The van der Waals surface area contributed by atoms with Crippen molar-refractivity contribution in [2.75, 3.05) is 11.9 Å². The van der Waals surface area contributed by atoms with Crippen molar-refractivity contribution in [3.8, 4) is 5.69 Å². The largest absolute Gasteiger partial charge is 0.368 e. The number of aromatic nitrogens is 5.